The molecule has 136 valence electrons. The molecule has 3 aromatic rings. The number of nitrogens with one attached hydrogen (secondary N) is 1. The highest BCUT2D eigenvalue weighted by Gasteiger charge is 2.11. The number of amides is 1. The number of aryl methyl sites for hydroxylation is 1. The van der Waals surface area contributed by atoms with Crippen molar-refractivity contribution in [3.63, 3.8) is 0 Å². The van der Waals surface area contributed by atoms with Crippen LogP contribution in [0.5, 0.6) is 0 Å². The van der Waals surface area contributed by atoms with E-state index in [0.717, 1.165) is 22.5 Å². The Balaban J connectivity index is 1.98. The maximum atomic E-state index is 12.3. The molecule has 0 aliphatic carbocycles. The first-order chi connectivity index (χ1) is 13.1. The Morgan fingerprint density at radius 2 is 2.00 bits per heavy atom. The normalized spacial score (nSPS) is 11.7. The SMILES string of the molecule is CC=C/C(=N\c1ccccc1C)c1cc(NC(=O)c2ccsc2)ccc1Cl. The summed E-state index contributed by atoms with van der Waals surface area (Å²) in [7, 11) is 0. The van der Waals surface area contributed by atoms with Crippen molar-refractivity contribution in [2.75, 3.05) is 5.32 Å². The number of anilines is 1. The van der Waals surface area contributed by atoms with E-state index in [2.05, 4.69) is 5.32 Å². The number of hydrogen-bond donors (Lipinski definition) is 1. The molecule has 0 saturated carbocycles. The zero-order chi connectivity index (χ0) is 19.2. The Kier molecular flexibility index (Phi) is 6.22. The minimum atomic E-state index is -0.145. The molecule has 27 heavy (non-hydrogen) atoms. The molecule has 2 aromatic carbocycles. The highest BCUT2D eigenvalue weighted by atomic mass is 35.5. The Morgan fingerprint density at radius 3 is 2.70 bits per heavy atom. The molecule has 1 heterocycles. The van der Waals surface area contributed by atoms with Gasteiger partial charge in [0, 0.05) is 16.6 Å². The van der Waals surface area contributed by atoms with Gasteiger partial charge in [-0.2, -0.15) is 11.3 Å². The van der Waals surface area contributed by atoms with Gasteiger partial charge in [0.05, 0.1) is 22.0 Å². The quantitative estimate of drug-likeness (QED) is 0.483. The van der Waals surface area contributed by atoms with Gasteiger partial charge in [0.2, 0.25) is 0 Å². The average Bonchev–Trinajstić information content (AvgIpc) is 3.20. The highest BCUT2D eigenvalue weighted by molar-refractivity contribution is 7.08. The van der Waals surface area contributed by atoms with Crippen LogP contribution in [0, 0.1) is 6.92 Å². The number of para-hydroxylation sites is 1. The third-order valence-electron chi connectivity index (χ3n) is 3.96. The summed E-state index contributed by atoms with van der Waals surface area (Å²) in [5.41, 5.74) is 4.78. The number of nitrogens with zero attached hydrogens (tertiary/aromatic N) is 1. The molecule has 0 aliphatic heterocycles. The molecule has 0 fully saturated rings. The molecule has 0 atom stereocenters. The summed E-state index contributed by atoms with van der Waals surface area (Å²) in [6, 6.07) is 15.1. The van der Waals surface area contributed by atoms with Crippen LogP contribution in [-0.2, 0) is 0 Å². The maximum absolute atomic E-state index is 12.3. The minimum Gasteiger partial charge on any atom is -0.322 e. The molecule has 3 rings (SSSR count). The van der Waals surface area contributed by atoms with E-state index >= 15 is 0 Å². The number of thiophene rings is 1. The first-order valence-corrected chi connectivity index (χ1v) is 9.81. The van der Waals surface area contributed by atoms with Crippen molar-refractivity contribution in [1.29, 1.82) is 0 Å². The summed E-state index contributed by atoms with van der Waals surface area (Å²) in [4.78, 5) is 17.1. The summed E-state index contributed by atoms with van der Waals surface area (Å²) in [5, 5.41) is 7.18. The summed E-state index contributed by atoms with van der Waals surface area (Å²) in [5.74, 6) is -0.145. The molecule has 1 aromatic heterocycles. The van der Waals surface area contributed by atoms with Gasteiger partial charge in [0.15, 0.2) is 0 Å². The molecule has 0 radical (unpaired) electrons. The van der Waals surface area contributed by atoms with Crippen LogP contribution in [0.1, 0.15) is 28.4 Å². The fourth-order valence-corrected chi connectivity index (χ4v) is 3.41. The molecule has 3 nitrogen and oxygen atoms in total. The first-order valence-electron chi connectivity index (χ1n) is 8.49. The third-order valence-corrected chi connectivity index (χ3v) is 4.98. The highest BCUT2D eigenvalue weighted by Crippen LogP contribution is 2.26. The van der Waals surface area contributed by atoms with Crippen LogP contribution in [0.25, 0.3) is 0 Å². The summed E-state index contributed by atoms with van der Waals surface area (Å²) < 4.78 is 0. The number of carbonyl (C=O) groups is 1. The third kappa shape index (κ3) is 4.73. The number of carbonyl (C=O) groups excluding carboxylic acids is 1. The second-order valence-electron chi connectivity index (χ2n) is 5.94. The van der Waals surface area contributed by atoms with Crippen molar-refractivity contribution in [2.24, 2.45) is 4.99 Å². The standard InChI is InChI=1S/C22H19ClN2OS/c1-3-6-21(25-20-8-5-4-7-15(20)2)18-13-17(9-10-19(18)23)24-22(26)16-11-12-27-14-16/h3-14H,1-2H3,(H,24,26)/b6-3?,25-21+. The second-order valence-corrected chi connectivity index (χ2v) is 7.13. The van der Waals surface area contributed by atoms with Gasteiger partial charge in [-0.1, -0.05) is 35.9 Å². The Bertz CT molecular complexity index is 1010. The summed E-state index contributed by atoms with van der Waals surface area (Å²) in [6.07, 6.45) is 3.84. The number of benzene rings is 2. The second kappa shape index (κ2) is 8.80. The van der Waals surface area contributed by atoms with Gasteiger partial charge in [-0.25, -0.2) is 4.99 Å². The molecule has 1 amide bonds. The van der Waals surface area contributed by atoms with Crippen LogP contribution in [0.4, 0.5) is 11.4 Å². The van der Waals surface area contributed by atoms with E-state index in [-0.39, 0.29) is 5.91 Å². The molecule has 0 spiro atoms. The zero-order valence-electron chi connectivity index (χ0n) is 15.1. The molecular formula is C22H19ClN2OS. The fraction of sp³-hybridized carbons (Fsp3) is 0.0909. The van der Waals surface area contributed by atoms with Crippen LogP contribution in [0.2, 0.25) is 5.02 Å². The zero-order valence-corrected chi connectivity index (χ0v) is 16.6. The van der Waals surface area contributed by atoms with Crippen molar-refractivity contribution in [3.8, 4) is 0 Å². The van der Waals surface area contributed by atoms with Crippen LogP contribution < -0.4 is 5.32 Å². The number of rotatable bonds is 5. The van der Waals surface area contributed by atoms with Crippen molar-refractivity contribution in [1.82, 2.24) is 0 Å². The molecule has 1 N–H and O–H groups in total. The lowest BCUT2D eigenvalue weighted by Crippen LogP contribution is -2.11. The molecule has 0 aliphatic rings. The van der Waals surface area contributed by atoms with Crippen molar-refractivity contribution >= 4 is 45.9 Å². The first kappa shape index (κ1) is 19.1. The number of allylic oxidation sites excluding steroid dienone is 2. The van der Waals surface area contributed by atoms with Gasteiger partial charge in [-0.15, -0.1) is 0 Å². The van der Waals surface area contributed by atoms with Crippen LogP contribution >= 0.6 is 22.9 Å². The van der Waals surface area contributed by atoms with Gasteiger partial charge in [-0.05, 0) is 61.2 Å². The smallest absolute Gasteiger partial charge is 0.256 e. The predicted molar refractivity (Wildman–Crippen MR) is 116 cm³/mol. The van der Waals surface area contributed by atoms with E-state index in [4.69, 9.17) is 16.6 Å². The monoisotopic (exact) mass is 394 g/mol. The largest absolute Gasteiger partial charge is 0.322 e. The van der Waals surface area contributed by atoms with Crippen LogP contribution in [0.3, 0.4) is 0 Å². The van der Waals surface area contributed by atoms with E-state index in [0.29, 0.717) is 16.3 Å². The van der Waals surface area contributed by atoms with Gasteiger partial charge in [0.25, 0.3) is 5.91 Å². The molecule has 5 heteroatoms. The van der Waals surface area contributed by atoms with Crippen molar-refractivity contribution in [2.45, 2.75) is 13.8 Å². The molecule has 0 bridgehead atoms. The lowest BCUT2D eigenvalue weighted by atomic mass is 10.1. The maximum Gasteiger partial charge on any atom is 0.256 e. The number of hydrogen-bond acceptors (Lipinski definition) is 3. The van der Waals surface area contributed by atoms with Crippen molar-refractivity contribution < 1.29 is 4.79 Å². The van der Waals surface area contributed by atoms with Crippen LogP contribution in [0.15, 0.2) is 76.4 Å². The Labute approximate surface area is 168 Å². The minimum absolute atomic E-state index is 0.145. The Hall–Kier alpha value is -2.69. The van der Waals surface area contributed by atoms with Gasteiger partial charge in [0.1, 0.15) is 0 Å². The lowest BCUT2D eigenvalue weighted by molar-refractivity contribution is 0.102. The molecule has 0 saturated heterocycles. The predicted octanol–water partition coefficient (Wildman–Crippen LogP) is 6.66. The van der Waals surface area contributed by atoms with E-state index in [1.165, 1.54) is 11.3 Å². The topological polar surface area (TPSA) is 41.5 Å². The number of aliphatic imine (C=N–C) groups is 1. The van der Waals surface area contributed by atoms with E-state index in [1.54, 1.807) is 18.2 Å². The van der Waals surface area contributed by atoms with Gasteiger partial charge < -0.3 is 5.32 Å². The summed E-state index contributed by atoms with van der Waals surface area (Å²) in [6.45, 7) is 3.95. The fourth-order valence-electron chi connectivity index (χ4n) is 2.56. The van der Waals surface area contributed by atoms with Crippen LogP contribution in [-0.4, -0.2) is 11.6 Å². The van der Waals surface area contributed by atoms with Gasteiger partial charge in [-0.3, -0.25) is 4.79 Å². The van der Waals surface area contributed by atoms with Gasteiger partial charge >= 0.3 is 0 Å². The summed E-state index contributed by atoms with van der Waals surface area (Å²) >= 11 is 7.93. The molecule has 0 unspecified atom stereocenters. The Morgan fingerprint density at radius 1 is 1.19 bits per heavy atom. The van der Waals surface area contributed by atoms with E-state index < -0.39 is 0 Å². The number of halogens is 1. The lowest BCUT2D eigenvalue weighted by Gasteiger charge is -2.10. The average molecular weight is 395 g/mol. The van der Waals surface area contributed by atoms with Crippen molar-refractivity contribution in [3.05, 3.63) is 93.2 Å². The van der Waals surface area contributed by atoms with E-state index in [1.807, 2.05) is 67.1 Å². The van der Waals surface area contributed by atoms with E-state index in [9.17, 15) is 4.79 Å². The molecular weight excluding hydrogens is 376 g/mol.